The Kier molecular flexibility index (Phi) is 4.28. The number of rotatable bonds is 6. The predicted molar refractivity (Wildman–Crippen MR) is 109 cm³/mol. The highest BCUT2D eigenvalue weighted by Crippen LogP contribution is 2.41. The number of carbonyl (C=O) groups excluding carboxylic acids is 1. The van der Waals surface area contributed by atoms with Crippen LogP contribution < -0.4 is 0 Å². The molecule has 6 heteroatoms. The summed E-state index contributed by atoms with van der Waals surface area (Å²) in [4.78, 5) is 12.8. The van der Waals surface area contributed by atoms with E-state index in [-0.39, 0.29) is 11.5 Å². The minimum absolute atomic E-state index is 0.0331. The standard InChI is InChI=1S/C22H19N3O2S/c1-14-17-9-5-6-10-19(17)27-20(14)18(26)13-28-22-24-23-21(15-11-12-15)25(22)16-7-3-2-4-8-16/h2-10,15H,11-13H2,1H3. The molecule has 1 saturated carbocycles. The highest BCUT2D eigenvalue weighted by atomic mass is 32.2. The largest absolute Gasteiger partial charge is 0.453 e. The normalized spacial score (nSPS) is 13.9. The number of aryl methyl sites for hydroxylation is 1. The lowest BCUT2D eigenvalue weighted by Gasteiger charge is -2.09. The summed E-state index contributed by atoms with van der Waals surface area (Å²) in [6.45, 7) is 1.93. The molecule has 0 unspecified atom stereocenters. The molecule has 2 aromatic heterocycles. The number of hydrogen-bond donors (Lipinski definition) is 0. The lowest BCUT2D eigenvalue weighted by atomic mass is 10.1. The van der Waals surface area contributed by atoms with Crippen LogP contribution in [0.3, 0.4) is 0 Å². The maximum atomic E-state index is 12.8. The molecule has 140 valence electrons. The monoisotopic (exact) mass is 389 g/mol. The van der Waals surface area contributed by atoms with Gasteiger partial charge in [0.2, 0.25) is 5.78 Å². The van der Waals surface area contributed by atoms with Gasteiger partial charge in [-0.1, -0.05) is 48.2 Å². The summed E-state index contributed by atoms with van der Waals surface area (Å²) in [7, 11) is 0. The molecule has 0 bridgehead atoms. The topological polar surface area (TPSA) is 60.9 Å². The van der Waals surface area contributed by atoms with Crippen molar-refractivity contribution < 1.29 is 9.21 Å². The molecular weight excluding hydrogens is 370 g/mol. The van der Waals surface area contributed by atoms with E-state index in [9.17, 15) is 4.79 Å². The zero-order valence-electron chi connectivity index (χ0n) is 15.5. The second kappa shape index (κ2) is 6.95. The van der Waals surface area contributed by atoms with Gasteiger partial charge in [-0.3, -0.25) is 9.36 Å². The van der Waals surface area contributed by atoms with Crippen molar-refractivity contribution in [2.75, 3.05) is 5.75 Å². The van der Waals surface area contributed by atoms with Crippen molar-refractivity contribution in [1.29, 1.82) is 0 Å². The molecule has 1 fully saturated rings. The quantitative estimate of drug-likeness (QED) is 0.336. The number of ketones is 1. The number of fused-ring (bicyclic) bond motifs is 1. The summed E-state index contributed by atoms with van der Waals surface area (Å²) in [6.07, 6.45) is 2.29. The molecule has 0 radical (unpaired) electrons. The maximum Gasteiger partial charge on any atom is 0.208 e. The first-order chi connectivity index (χ1) is 13.7. The zero-order valence-corrected chi connectivity index (χ0v) is 16.3. The summed E-state index contributed by atoms with van der Waals surface area (Å²) < 4.78 is 7.90. The Morgan fingerprint density at radius 3 is 2.61 bits per heavy atom. The van der Waals surface area contributed by atoms with Gasteiger partial charge in [0.05, 0.1) is 5.75 Å². The summed E-state index contributed by atoms with van der Waals surface area (Å²) in [5.41, 5.74) is 2.67. The van der Waals surface area contributed by atoms with Crippen LogP contribution in [0.15, 0.2) is 64.2 Å². The number of furan rings is 1. The number of hydrogen-bond acceptors (Lipinski definition) is 5. The van der Waals surface area contributed by atoms with E-state index >= 15 is 0 Å². The molecule has 1 aliphatic rings. The average Bonchev–Trinajstić information content (AvgIpc) is 3.40. The third kappa shape index (κ3) is 3.03. The van der Waals surface area contributed by atoms with Gasteiger partial charge in [0.1, 0.15) is 11.4 Å². The van der Waals surface area contributed by atoms with E-state index in [1.165, 1.54) is 11.8 Å². The van der Waals surface area contributed by atoms with Crippen LogP contribution in [0, 0.1) is 6.92 Å². The molecule has 0 atom stereocenters. The SMILES string of the molecule is Cc1c(C(=O)CSc2nnc(C3CC3)n2-c2ccccc2)oc2ccccc12. The molecule has 4 aromatic rings. The number of carbonyl (C=O) groups is 1. The van der Waals surface area contributed by atoms with Crippen molar-refractivity contribution in [3.63, 3.8) is 0 Å². The van der Waals surface area contributed by atoms with Crippen molar-refractivity contribution in [3.8, 4) is 5.69 Å². The summed E-state index contributed by atoms with van der Waals surface area (Å²) in [6, 6.07) is 17.8. The summed E-state index contributed by atoms with van der Waals surface area (Å²) in [5, 5.41) is 10.5. The van der Waals surface area contributed by atoms with Crippen LogP contribution in [-0.4, -0.2) is 26.3 Å². The number of nitrogens with zero attached hydrogens (tertiary/aromatic N) is 3. The Hall–Kier alpha value is -2.86. The van der Waals surface area contributed by atoms with Crippen LogP contribution in [0.5, 0.6) is 0 Å². The minimum Gasteiger partial charge on any atom is -0.453 e. The van der Waals surface area contributed by atoms with Crippen molar-refractivity contribution in [3.05, 3.63) is 71.7 Å². The van der Waals surface area contributed by atoms with E-state index < -0.39 is 0 Å². The highest BCUT2D eigenvalue weighted by Gasteiger charge is 2.31. The van der Waals surface area contributed by atoms with E-state index in [1.807, 2.05) is 61.5 Å². The number of para-hydroxylation sites is 2. The fourth-order valence-corrected chi connectivity index (χ4v) is 4.25. The number of benzene rings is 2. The van der Waals surface area contributed by atoms with Crippen LogP contribution in [0.25, 0.3) is 16.7 Å². The van der Waals surface area contributed by atoms with E-state index in [4.69, 9.17) is 4.42 Å². The van der Waals surface area contributed by atoms with Gasteiger partial charge >= 0.3 is 0 Å². The molecule has 0 N–H and O–H groups in total. The maximum absolute atomic E-state index is 12.8. The molecule has 5 rings (SSSR count). The fraction of sp³-hybridized carbons (Fsp3) is 0.227. The van der Waals surface area contributed by atoms with Crippen molar-refractivity contribution in [1.82, 2.24) is 14.8 Å². The zero-order chi connectivity index (χ0) is 19.1. The van der Waals surface area contributed by atoms with Gasteiger partial charge in [-0.05, 0) is 38.0 Å². The molecule has 2 aromatic carbocycles. The Morgan fingerprint density at radius 2 is 1.86 bits per heavy atom. The second-order valence-electron chi connectivity index (χ2n) is 7.05. The molecule has 0 saturated heterocycles. The first-order valence-corrected chi connectivity index (χ1v) is 10.4. The van der Waals surface area contributed by atoms with Crippen LogP contribution in [0.1, 0.15) is 40.7 Å². The number of aromatic nitrogens is 3. The Balaban J connectivity index is 1.42. The number of thioether (sulfide) groups is 1. The molecule has 2 heterocycles. The summed E-state index contributed by atoms with van der Waals surface area (Å²) in [5.74, 6) is 2.11. The fourth-order valence-electron chi connectivity index (χ4n) is 3.44. The highest BCUT2D eigenvalue weighted by molar-refractivity contribution is 7.99. The van der Waals surface area contributed by atoms with Crippen LogP contribution >= 0.6 is 11.8 Å². The molecule has 28 heavy (non-hydrogen) atoms. The van der Waals surface area contributed by atoms with Gasteiger partial charge in [-0.2, -0.15) is 0 Å². The molecule has 1 aliphatic carbocycles. The smallest absolute Gasteiger partial charge is 0.208 e. The second-order valence-corrected chi connectivity index (χ2v) is 7.99. The minimum atomic E-state index is -0.0331. The third-order valence-electron chi connectivity index (χ3n) is 5.04. The first-order valence-electron chi connectivity index (χ1n) is 9.37. The molecule has 5 nitrogen and oxygen atoms in total. The Morgan fingerprint density at radius 1 is 1.11 bits per heavy atom. The van der Waals surface area contributed by atoms with E-state index in [0.29, 0.717) is 11.7 Å². The van der Waals surface area contributed by atoms with Gasteiger partial charge in [-0.25, -0.2) is 0 Å². The van der Waals surface area contributed by atoms with Crippen LogP contribution in [0.4, 0.5) is 0 Å². The van der Waals surface area contributed by atoms with E-state index in [2.05, 4.69) is 14.8 Å². The average molecular weight is 389 g/mol. The van der Waals surface area contributed by atoms with E-state index in [0.717, 1.165) is 46.0 Å². The van der Waals surface area contributed by atoms with Crippen LogP contribution in [0.2, 0.25) is 0 Å². The summed E-state index contributed by atoms with van der Waals surface area (Å²) >= 11 is 1.41. The van der Waals surface area contributed by atoms with Gasteiger partial charge in [0.15, 0.2) is 10.9 Å². The van der Waals surface area contributed by atoms with E-state index in [1.54, 1.807) is 0 Å². The molecule has 0 amide bonds. The third-order valence-corrected chi connectivity index (χ3v) is 5.97. The predicted octanol–water partition coefficient (Wildman–Crippen LogP) is 5.17. The molecule has 0 spiro atoms. The Labute approximate surface area is 166 Å². The van der Waals surface area contributed by atoms with Gasteiger partial charge in [0.25, 0.3) is 0 Å². The van der Waals surface area contributed by atoms with Gasteiger partial charge < -0.3 is 4.42 Å². The first kappa shape index (κ1) is 17.3. The Bertz CT molecular complexity index is 1160. The van der Waals surface area contributed by atoms with Gasteiger partial charge in [0, 0.05) is 22.6 Å². The van der Waals surface area contributed by atoms with Crippen molar-refractivity contribution in [2.24, 2.45) is 0 Å². The molecule has 0 aliphatic heterocycles. The molecular formula is C22H19N3O2S. The number of Topliss-reactive ketones (excluding diaryl/α,β-unsaturated/α-hetero) is 1. The lowest BCUT2D eigenvalue weighted by molar-refractivity contribution is 0.0993. The lowest BCUT2D eigenvalue weighted by Crippen LogP contribution is -2.06. The van der Waals surface area contributed by atoms with Crippen molar-refractivity contribution in [2.45, 2.75) is 30.8 Å². The van der Waals surface area contributed by atoms with Crippen molar-refractivity contribution >= 4 is 28.5 Å². The van der Waals surface area contributed by atoms with Crippen LogP contribution in [-0.2, 0) is 0 Å². The van der Waals surface area contributed by atoms with Gasteiger partial charge in [-0.15, -0.1) is 10.2 Å².